The minimum atomic E-state index is -0.973. The number of hydrogen-bond acceptors (Lipinski definition) is 8. The topological polar surface area (TPSA) is 107 Å². The quantitative estimate of drug-likeness (QED) is 0.422. The monoisotopic (exact) mass is 470 g/mol. The summed E-state index contributed by atoms with van der Waals surface area (Å²) in [6.45, 7) is 3.82. The van der Waals surface area contributed by atoms with Crippen molar-refractivity contribution in [1.82, 2.24) is 9.97 Å². The van der Waals surface area contributed by atoms with Gasteiger partial charge in [-0.25, -0.2) is 9.97 Å². The Hall–Kier alpha value is -2.27. The number of hydrogen-bond donors (Lipinski definition) is 1. The van der Waals surface area contributed by atoms with Gasteiger partial charge in [0.05, 0.1) is 36.8 Å². The van der Waals surface area contributed by atoms with Crippen molar-refractivity contribution in [1.29, 1.82) is 0 Å². The lowest BCUT2D eigenvalue weighted by Crippen LogP contribution is -2.31. The van der Waals surface area contributed by atoms with Crippen molar-refractivity contribution in [3.8, 4) is 16.3 Å². The molecule has 12 heteroatoms. The molecule has 1 unspecified atom stereocenters. The third kappa shape index (κ3) is 3.68. The molecule has 0 radical (unpaired) electrons. The van der Waals surface area contributed by atoms with E-state index in [1.54, 1.807) is 0 Å². The van der Waals surface area contributed by atoms with Gasteiger partial charge >= 0.3 is 0 Å². The number of nitro benzene ring substituents is 1. The number of carbonyl (C=O) groups excluding carboxylic acids is 1. The second kappa shape index (κ2) is 7.52. The number of fused-ring (bicyclic) bond motifs is 1. The van der Waals surface area contributed by atoms with Gasteiger partial charge in [0, 0.05) is 17.9 Å². The summed E-state index contributed by atoms with van der Waals surface area (Å²) in [4.78, 5) is 33.1. The van der Waals surface area contributed by atoms with Crippen molar-refractivity contribution in [2.45, 2.75) is 26.4 Å². The zero-order chi connectivity index (χ0) is 20.9. The van der Waals surface area contributed by atoms with Crippen LogP contribution < -0.4 is 10.1 Å². The van der Waals surface area contributed by atoms with Gasteiger partial charge in [-0.3, -0.25) is 20.2 Å². The van der Waals surface area contributed by atoms with Gasteiger partial charge in [-0.2, -0.15) is 0 Å². The number of nitrogens with zero attached hydrogens (tertiary/aromatic N) is 3. The predicted molar refractivity (Wildman–Crippen MR) is 113 cm³/mol. The molecule has 1 aromatic carbocycles. The lowest BCUT2D eigenvalue weighted by molar-refractivity contribution is -0.385. The number of ether oxygens (including phenoxy) is 1. The molecule has 0 spiro atoms. The normalized spacial score (nSPS) is 15.1. The number of nitro groups is 1. The summed E-state index contributed by atoms with van der Waals surface area (Å²) >= 11 is 14.9. The molecule has 1 atom stereocenters. The Labute approximate surface area is 182 Å². The maximum absolute atomic E-state index is 12.7. The minimum Gasteiger partial charge on any atom is -0.478 e. The van der Waals surface area contributed by atoms with Crippen LogP contribution in [0, 0.1) is 24.0 Å². The Kier molecular flexibility index (Phi) is 5.19. The zero-order valence-corrected chi connectivity index (χ0v) is 18.1. The lowest BCUT2D eigenvalue weighted by Gasteiger charge is -2.10. The number of amides is 1. The largest absolute Gasteiger partial charge is 0.478 e. The fourth-order valence-corrected chi connectivity index (χ4v) is 5.08. The summed E-state index contributed by atoms with van der Waals surface area (Å²) in [6, 6.07) is 1.17. The summed E-state index contributed by atoms with van der Waals surface area (Å²) in [6.07, 6.45) is -0.959. The van der Waals surface area contributed by atoms with Gasteiger partial charge in [0.25, 0.3) is 11.6 Å². The molecule has 2 aromatic heterocycles. The molecule has 8 nitrogen and oxygen atoms in total. The maximum atomic E-state index is 12.7. The van der Waals surface area contributed by atoms with E-state index in [0.717, 1.165) is 21.3 Å². The molecule has 1 amide bonds. The summed E-state index contributed by atoms with van der Waals surface area (Å²) < 4.78 is 5.59. The third-order valence-corrected chi connectivity index (χ3v) is 6.89. The van der Waals surface area contributed by atoms with Crippen LogP contribution in [-0.2, 0) is 11.2 Å². The highest BCUT2D eigenvalue weighted by molar-refractivity contribution is 7.16. The van der Waals surface area contributed by atoms with Crippen molar-refractivity contribution >= 4 is 62.6 Å². The Morgan fingerprint density at radius 2 is 2.14 bits per heavy atom. The van der Waals surface area contributed by atoms with Crippen molar-refractivity contribution in [3.05, 3.63) is 47.9 Å². The van der Waals surface area contributed by atoms with Crippen LogP contribution in [0.3, 0.4) is 0 Å². The van der Waals surface area contributed by atoms with E-state index in [1.807, 2.05) is 19.2 Å². The van der Waals surface area contributed by atoms with E-state index in [9.17, 15) is 14.9 Å². The number of rotatable bonds is 4. The first kappa shape index (κ1) is 20.0. The first-order valence-electron chi connectivity index (χ1n) is 8.27. The molecule has 0 aliphatic carbocycles. The van der Waals surface area contributed by atoms with Gasteiger partial charge < -0.3 is 4.74 Å². The van der Waals surface area contributed by atoms with E-state index < -0.39 is 16.9 Å². The maximum Gasteiger partial charge on any atom is 0.278 e. The van der Waals surface area contributed by atoms with Crippen LogP contribution in [0.5, 0.6) is 5.75 Å². The van der Waals surface area contributed by atoms with Crippen molar-refractivity contribution < 1.29 is 14.5 Å². The minimum absolute atomic E-state index is 0.00189. The molecule has 1 N–H and O–H groups in total. The summed E-state index contributed by atoms with van der Waals surface area (Å²) in [5.74, 6) is -0.401. The van der Waals surface area contributed by atoms with Gasteiger partial charge in [-0.1, -0.05) is 23.2 Å². The second-order valence-electron chi connectivity index (χ2n) is 6.24. The Balaban J connectivity index is 1.53. The first-order valence-corrected chi connectivity index (χ1v) is 10.7. The van der Waals surface area contributed by atoms with Crippen LogP contribution in [0.4, 0.5) is 10.8 Å². The van der Waals surface area contributed by atoms with Gasteiger partial charge in [0.15, 0.2) is 17.0 Å². The van der Waals surface area contributed by atoms with Gasteiger partial charge in [0.2, 0.25) is 0 Å². The van der Waals surface area contributed by atoms with Crippen LogP contribution in [-0.4, -0.2) is 26.9 Å². The number of carbonyl (C=O) groups is 1. The zero-order valence-electron chi connectivity index (χ0n) is 15.0. The Bertz CT molecular complexity index is 1160. The van der Waals surface area contributed by atoms with E-state index >= 15 is 0 Å². The Morgan fingerprint density at radius 1 is 1.38 bits per heavy atom. The molecule has 0 bridgehead atoms. The average Bonchev–Trinajstić information content (AvgIpc) is 3.36. The number of aryl methyl sites for hydroxylation is 2. The second-order valence-corrected chi connectivity index (χ2v) is 9.09. The summed E-state index contributed by atoms with van der Waals surface area (Å²) in [5.41, 5.74) is 1.64. The number of thiazole rings is 2. The van der Waals surface area contributed by atoms with Crippen LogP contribution in [0.2, 0.25) is 10.0 Å². The first-order chi connectivity index (χ1) is 13.7. The number of nitrogens with one attached hydrogen (secondary N) is 1. The summed E-state index contributed by atoms with van der Waals surface area (Å²) in [7, 11) is 0. The van der Waals surface area contributed by atoms with E-state index in [1.165, 1.54) is 28.7 Å². The highest BCUT2D eigenvalue weighted by atomic mass is 35.5. The van der Waals surface area contributed by atoms with E-state index in [4.69, 9.17) is 27.9 Å². The molecule has 29 heavy (non-hydrogen) atoms. The van der Waals surface area contributed by atoms with Gasteiger partial charge in [-0.15, -0.1) is 22.7 Å². The number of halogens is 2. The van der Waals surface area contributed by atoms with Crippen molar-refractivity contribution in [3.63, 3.8) is 0 Å². The van der Waals surface area contributed by atoms with E-state index in [-0.39, 0.29) is 33.5 Å². The van der Waals surface area contributed by atoms with Gasteiger partial charge in [-0.05, 0) is 13.8 Å². The molecular formula is C17H12Cl2N4O4S2. The number of benzene rings is 1. The standard InChI is InChI=1S/C17H12Cl2N4O4S2/c1-6-15(29-7(2)20-6)10-5-28-17(21-10)22-16(24)12-3-8-11(23(25)26)4-9(18)13(19)14(8)27-12/h4-5,12H,3H2,1-2H3,(H,21,22,24). The molecule has 0 fully saturated rings. The average molecular weight is 471 g/mol. The fraction of sp³-hybridized carbons (Fsp3) is 0.235. The smallest absolute Gasteiger partial charge is 0.278 e. The lowest BCUT2D eigenvalue weighted by atomic mass is 10.1. The highest BCUT2D eigenvalue weighted by Gasteiger charge is 2.37. The molecular weight excluding hydrogens is 459 g/mol. The van der Waals surface area contributed by atoms with Gasteiger partial charge in [0.1, 0.15) is 5.02 Å². The molecule has 3 aromatic rings. The van der Waals surface area contributed by atoms with Crippen molar-refractivity contribution in [2.75, 3.05) is 5.32 Å². The molecule has 1 aliphatic heterocycles. The molecule has 3 heterocycles. The summed E-state index contributed by atoms with van der Waals surface area (Å²) in [5, 5.41) is 17.2. The molecule has 0 saturated heterocycles. The number of aromatic nitrogens is 2. The van der Waals surface area contributed by atoms with E-state index in [0.29, 0.717) is 5.13 Å². The molecule has 4 rings (SSSR count). The molecule has 1 aliphatic rings. The van der Waals surface area contributed by atoms with Crippen LogP contribution in [0.1, 0.15) is 16.3 Å². The predicted octanol–water partition coefficient (Wildman–Crippen LogP) is 5.04. The van der Waals surface area contributed by atoms with Crippen molar-refractivity contribution in [2.24, 2.45) is 0 Å². The van der Waals surface area contributed by atoms with E-state index in [2.05, 4.69) is 15.3 Å². The fourth-order valence-electron chi connectivity index (χ4n) is 3.02. The number of anilines is 1. The SMILES string of the molecule is Cc1nc(C)c(-c2csc(NC(=O)C3Cc4c([N+](=O)[O-])cc(Cl)c(Cl)c4O3)n2)s1. The Morgan fingerprint density at radius 3 is 2.79 bits per heavy atom. The van der Waals surface area contributed by atoms with Crippen LogP contribution >= 0.6 is 45.9 Å². The highest BCUT2D eigenvalue weighted by Crippen LogP contribution is 2.45. The molecule has 150 valence electrons. The molecule has 0 saturated carbocycles. The van der Waals surface area contributed by atoms with Crippen LogP contribution in [0.25, 0.3) is 10.6 Å². The van der Waals surface area contributed by atoms with Crippen LogP contribution in [0.15, 0.2) is 11.4 Å². The third-order valence-electron chi connectivity index (χ3n) is 4.26.